The molecule has 0 saturated heterocycles. The van der Waals surface area contributed by atoms with Crippen LogP contribution in [0.25, 0.3) is 5.69 Å². The topological polar surface area (TPSA) is 71.8 Å². The van der Waals surface area contributed by atoms with E-state index in [0.29, 0.717) is 21.6 Å². The van der Waals surface area contributed by atoms with E-state index < -0.39 is 0 Å². The van der Waals surface area contributed by atoms with Gasteiger partial charge in [-0.05, 0) is 55.3 Å². The zero-order valence-electron chi connectivity index (χ0n) is 18.7. The number of hydrogen-bond acceptors (Lipinski definition) is 4. The van der Waals surface area contributed by atoms with Crippen LogP contribution in [0.5, 0.6) is 0 Å². The smallest absolute Gasteiger partial charge is 0.319 e. The van der Waals surface area contributed by atoms with Gasteiger partial charge in [0.25, 0.3) is 0 Å². The van der Waals surface area contributed by atoms with Crippen molar-refractivity contribution in [2.45, 2.75) is 31.3 Å². The van der Waals surface area contributed by atoms with Gasteiger partial charge in [-0.15, -0.1) is 10.2 Å². The molecule has 4 aromatic rings. The van der Waals surface area contributed by atoms with E-state index >= 15 is 0 Å². The number of carbonyl (C=O) groups is 1. The Bertz CT molecular complexity index is 1310. The van der Waals surface area contributed by atoms with E-state index in [1.165, 1.54) is 11.1 Å². The third-order valence-corrected chi connectivity index (χ3v) is 6.91. The average Bonchev–Trinajstić information content (AvgIpc) is 3.23. The van der Waals surface area contributed by atoms with Gasteiger partial charge in [0.15, 0.2) is 11.0 Å². The van der Waals surface area contributed by atoms with Gasteiger partial charge >= 0.3 is 6.03 Å². The van der Waals surface area contributed by atoms with Crippen molar-refractivity contribution in [3.8, 4) is 5.69 Å². The Balaban J connectivity index is 1.51. The van der Waals surface area contributed by atoms with E-state index in [-0.39, 0.29) is 12.6 Å². The van der Waals surface area contributed by atoms with E-state index in [4.69, 9.17) is 23.2 Å². The van der Waals surface area contributed by atoms with Crippen molar-refractivity contribution in [3.63, 3.8) is 0 Å². The molecule has 4 rings (SSSR count). The molecule has 2 amide bonds. The van der Waals surface area contributed by atoms with Crippen molar-refractivity contribution in [1.29, 1.82) is 0 Å². The fourth-order valence-corrected chi connectivity index (χ4v) is 4.63. The van der Waals surface area contributed by atoms with E-state index in [1.54, 1.807) is 30.0 Å². The highest BCUT2D eigenvalue weighted by atomic mass is 35.5. The Hall–Kier alpha value is -3.00. The number of nitrogens with one attached hydrogen (secondary N) is 2. The molecule has 6 nitrogen and oxygen atoms in total. The Labute approximate surface area is 212 Å². The fourth-order valence-electron chi connectivity index (χ4n) is 3.28. The first-order valence-corrected chi connectivity index (χ1v) is 12.3. The van der Waals surface area contributed by atoms with Crippen LogP contribution in [0.1, 0.15) is 22.5 Å². The standard InChI is InChI=1S/C25H23Cl2N5OS/c1-16-7-10-20(11-8-16)32-23(14-28-24(33)29-19-9-12-21(26)22(27)13-19)30-31-25(32)34-15-18-6-4-3-5-17(18)2/h3-13H,14-15H2,1-2H3,(H2,28,29,33). The lowest BCUT2D eigenvalue weighted by Gasteiger charge is -2.12. The van der Waals surface area contributed by atoms with Crippen LogP contribution >= 0.6 is 35.0 Å². The predicted octanol–water partition coefficient (Wildman–Crippen LogP) is 6.80. The molecule has 0 aliphatic heterocycles. The second kappa shape index (κ2) is 11.0. The molecule has 0 aliphatic rings. The summed E-state index contributed by atoms with van der Waals surface area (Å²) in [4.78, 5) is 12.5. The van der Waals surface area contributed by atoms with Crippen molar-refractivity contribution in [3.05, 3.63) is 99.3 Å². The monoisotopic (exact) mass is 511 g/mol. The fraction of sp³-hybridized carbons (Fsp3) is 0.160. The number of benzene rings is 3. The molecule has 0 aliphatic carbocycles. The summed E-state index contributed by atoms with van der Waals surface area (Å²) in [7, 11) is 0. The highest BCUT2D eigenvalue weighted by Gasteiger charge is 2.16. The quantitative estimate of drug-likeness (QED) is 0.267. The number of nitrogens with zero attached hydrogens (tertiary/aromatic N) is 3. The molecule has 0 saturated carbocycles. The summed E-state index contributed by atoms with van der Waals surface area (Å²) in [5, 5.41) is 15.9. The summed E-state index contributed by atoms with van der Waals surface area (Å²) in [6, 6.07) is 20.9. The van der Waals surface area contributed by atoms with E-state index in [1.807, 2.05) is 47.9 Å². The Morgan fingerprint density at radius 1 is 0.971 bits per heavy atom. The highest BCUT2D eigenvalue weighted by molar-refractivity contribution is 7.98. The van der Waals surface area contributed by atoms with Crippen molar-refractivity contribution in [2.24, 2.45) is 0 Å². The minimum atomic E-state index is -0.383. The van der Waals surface area contributed by atoms with Gasteiger partial charge in [0, 0.05) is 17.1 Å². The normalized spacial score (nSPS) is 10.8. The first kappa shape index (κ1) is 24.1. The summed E-state index contributed by atoms with van der Waals surface area (Å²) in [5.41, 5.74) is 5.11. The number of urea groups is 1. The van der Waals surface area contributed by atoms with Crippen LogP contribution in [0, 0.1) is 13.8 Å². The number of rotatable bonds is 7. The van der Waals surface area contributed by atoms with Crippen LogP contribution in [-0.4, -0.2) is 20.8 Å². The maximum Gasteiger partial charge on any atom is 0.319 e. The molecule has 2 N–H and O–H groups in total. The number of aromatic nitrogens is 3. The minimum absolute atomic E-state index is 0.193. The van der Waals surface area contributed by atoms with Crippen molar-refractivity contribution in [1.82, 2.24) is 20.1 Å². The molecular weight excluding hydrogens is 489 g/mol. The number of hydrogen-bond donors (Lipinski definition) is 2. The van der Waals surface area contributed by atoms with Crippen LogP contribution in [0.2, 0.25) is 10.0 Å². The first-order valence-electron chi connectivity index (χ1n) is 10.6. The molecule has 1 heterocycles. The molecule has 0 spiro atoms. The molecule has 34 heavy (non-hydrogen) atoms. The largest absolute Gasteiger partial charge is 0.331 e. The van der Waals surface area contributed by atoms with E-state index in [2.05, 4.69) is 39.9 Å². The van der Waals surface area contributed by atoms with Gasteiger partial charge in [-0.3, -0.25) is 4.57 Å². The molecule has 9 heteroatoms. The first-order chi connectivity index (χ1) is 16.4. The van der Waals surface area contributed by atoms with Crippen molar-refractivity contribution >= 4 is 46.7 Å². The van der Waals surface area contributed by atoms with Gasteiger partial charge in [-0.25, -0.2) is 4.79 Å². The van der Waals surface area contributed by atoms with Gasteiger partial charge in [0.05, 0.1) is 16.6 Å². The van der Waals surface area contributed by atoms with Crippen LogP contribution in [0.15, 0.2) is 71.9 Å². The second-order valence-electron chi connectivity index (χ2n) is 7.72. The third-order valence-electron chi connectivity index (χ3n) is 5.20. The summed E-state index contributed by atoms with van der Waals surface area (Å²) >= 11 is 13.6. The van der Waals surface area contributed by atoms with Gasteiger partial charge in [-0.1, -0.05) is 76.9 Å². The minimum Gasteiger partial charge on any atom is -0.331 e. The summed E-state index contributed by atoms with van der Waals surface area (Å²) < 4.78 is 1.97. The summed E-state index contributed by atoms with van der Waals surface area (Å²) in [5.74, 6) is 1.39. The number of thioether (sulfide) groups is 1. The van der Waals surface area contributed by atoms with E-state index in [0.717, 1.165) is 22.2 Å². The highest BCUT2D eigenvalue weighted by Crippen LogP contribution is 2.27. The number of anilines is 1. The lowest BCUT2D eigenvalue weighted by molar-refractivity contribution is 0.251. The molecule has 0 bridgehead atoms. The average molecular weight is 512 g/mol. The molecule has 0 atom stereocenters. The molecule has 0 radical (unpaired) electrons. The van der Waals surface area contributed by atoms with Gasteiger partial charge < -0.3 is 10.6 Å². The van der Waals surface area contributed by atoms with Crippen LogP contribution in [0.3, 0.4) is 0 Å². The summed E-state index contributed by atoms with van der Waals surface area (Å²) in [6.07, 6.45) is 0. The molecule has 3 aromatic carbocycles. The van der Waals surface area contributed by atoms with Gasteiger partial charge in [-0.2, -0.15) is 0 Å². The molecule has 174 valence electrons. The van der Waals surface area contributed by atoms with Crippen LogP contribution in [0.4, 0.5) is 10.5 Å². The van der Waals surface area contributed by atoms with Crippen molar-refractivity contribution < 1.29 is 4.79 Å². The number of carbonyl (C=O) groups excluding carboxylic acids is 1. The van der Waals surface area contributed by atoms with Gasteiger partial charge in [0.2, 0.25) is 0 Å². The zero-order valence-corrected chi connectivity index (χ0v) is 21.0. The lowest BCUT2D eigenvalue weighted by Crippen LogP contribution is -2.29. The maximum atomic E-state index is 12.5. The SMILES string of the molecule is Cc1ccc(-n2c(CNC(=O)Nc3ccc(Cl)c(Cl)c3)nnc2SCc2ccccc2C)cc1. The van der Waals surface area contributed by atoms with Crippen molar-refractivity contribution in [2.75, 3.05) is 5.32 Å². The Morgan fingerprint density at radius 2 is 1.74 bits per heavy atom. The maximum absolute atomic E-state index is 12.5. The number of aryl methyl sites for hydroxylation is 2. The second-order valence-corrected chi connectivity index (χ2v) is 9.48. The molecule has 0 unspecified atom stereocenters. The zero-order chi connectivity index (χ0) is 24.1. The Kier molecular flexibility index (Phi) is 7.77. The van der Waals surface area contributed by atoms with Crippen LogP contribution in [-0.2, 0) is 12.3 Å². The van der Waals surface area contributed by atoms with Crippen LogP contribution < -0.4 is 10.6 Å². The van der Waals surface area contributed by atoms with E-state index in [9.17, 15) is 4.79 Å². The third kappa shape index (κ3) is 5.91. The van der Waals surface area contributed by atoms with Gasteiger partial charge in [0.1, 0.15) is 0 Å². The molecule has 1 aromatic heterocycles. The lowest BCUT2D eigenvalue weighted by atomic mass is 10.1. The Morgan fingerprint density at radius 3 is 2.47 bits per heavy atom. The molecular formula is C25H23Cl2N5OS. The summed E-state index contributed by atoms with van der Waals surface area (Å²) in [6.45, 7) is 4.33. The number of amides is 2. The predicted molar refractivity (Wildman–Crippen MR) is 139 cm³/mol. The molecule has 0 fully saturated rings. The number of halogens is 2.